The van der Waals surface area contributed by atoms with Crippen molar-refractivity contribution in [2.24, 2.45) is 7.05 Å². The van der Waals surface area contributed by atoms with E-state index in [9.17, 15) is 0 Å². The highest BCUT2D eigenvalue weighted by molar-refractivity contribution is 5.23. The van der Waals surface area contributed by atoms with Crippen LogP contribution in [-0.4, -0.2) is 14.9 Å². The standard InChI is InChI=1S/C8H12N2O/c1-10-4-7(5-11)8(9-10)6-2-3-6/h4,6,11H,2-3,5H2,1H3. The lowest BCUT2D eigenvalue weighted by atomic mass is 10.2. The van der Waals surface area contributed by atoms with Crippen LogP contribution in [0.2, 0.25) is 0 Å². The maximum Gasteiger partial charge on any atom is 0.0715 e. The zero-order chi connectivity index (χ0) is 7.84. The second-order valence-corrected chi connectivity index (χ2v) is 3.15. The summed E-state index contributed by atoms with van der Waals surface area (Å²) in [5, 5.41) is 13.3. The van der Waals surface area contributed by atoms with Crippen molar-refractivity contribution in [2.75, 3.05) is 0 Å². The number of nitrogens with zero attached hydrogens (tertiary/aromatic N) is 2. The van der Waals surface area contributed by atoms with E-state index in [2.05, 4.69) is 5.10 Å². The van der Waals surface area contributed by atoms with Gasteiger partial charge in [-0.3, -0.25) is 4.68 Å². The van der Waals surface area contributed by atoms with Crippen molar-refractivity contribution >= 4 is 0 Å². The summed E-state index contributed by atoms with van der Waals surface area (Å²) in [5.41, 5.74) is 2.10. The van der Waals surface area contributed by atoms with Crippen LogP contribution in [0.3, 0.4) is 0 Å². The van der Waals surface area contributed by atoms with Gasteiger partial charge in [0.2, 0.25) is 0 Å². The first-order chi connectivity index (χ1) is 5.31. The predicted octanol–water partition coefficient (Wildman–Crippen LogP) is 0.790. The summed E-state index contributed by atoms with van der Waals surface area (Å²) >= 11 is 0. The van der Waals surface area contributed by atoms with E-state index in [-0.39, 0.29) is 6.61 Å². The first-order valence-corrected chi connectivity index (χ1v) is 3.94. The van der Waals surface area contributed by atoms with E-state index in [1.54, 1.807) is 4.68 Å². The van der Waals surface area contributed by atoms with Gasteiger partial charge in [0.15, 0.2) is 0 Å². The number of hydrogen-bond acceptors (Lipinski definition) is 2. The van der Waals surface area contributed by atoms with Gasteiger partial charge in [0.25, 0.3) is 0 Å². The minimum Gasteiger partial charge on any atom is -0.392 e. The minimum atomic E-state index is 0.125. The second-order valence-electron chi connectivity index (χ2n) is 3.15. The van der Waals surface area contributed by atoms with Crippen molar-refractivity contribution in [1.29, 1.82) is 0 Å². The molecule has 0 aliphatic heterocycles. The van der Waals surface area contributed by atoms with Gasteiger partial charge in [-0.15, -0.1) is 0 Å². The average Bonchev–Trinajstić information content (AvgIpc) is 2.75. The van der Waals surface area contributed by atoms with E-state index in [1.165, 1.54) is 12.8 Å². The van der Waals surface area contributed by atoms with Crippen LogP contribution in [0.15, 0.2) is 6.20 Å². The molecular weight excluding hydrogens is 140 g/mol. The molecule has 0 radical (unpaired) electrons. The van der Waals surface area contributed by atoms with E-state index in [1.807, 2.05) is 13.2 Å². The third-order valence-corrected chi connectivity index (χ3v) is 2.07. The van der Waals surface area contributed by atoms with Gasteiger partial charge in [-0.05, 0) is 12.8 Å². The van der Waals surface area contributed by atoms with E-state index < -0.39 is 0 Å². The third kappa shape index (κ3) is 1.16. The van der Waals surface area contributed by atoms with Crippen LogP contribution < -0.4 is 0 Å². The summed E-state index contributed by atoms with van der Waals surface area (Å²) in [5.74, 6) is 0.637. The lowest BCUT2D eigenvalue weighted by molar-refractivity contribution is 0.280. The zero-order valence-corrected chi connectivity index (χ0v) is 6.62. The summed E-state index contributed by atoms with van der Waals surface area (Å²) in [6.45, 7) is 0.125. The average molecular weight is 152 g/mol. The molecule has 1 N–H and O–H groups in total. The minimum absolute atomic E-state index is 0.125. The molecule has 1 aromatic rings. The van der Waals surface area contributed by atoms with Crippen molar-refractivity contribution in [2.45, 2.75) is 25.4 Å². The molecule has 1 fully saturated rings. The Morgan fingerprint density at radius 1 is 1.73 bits per heavy atom. The van der Waals surface area contributed by atoms with Crippen molar-refractivity contribution in [3.05, 3.63) is 17.5 Å². The Bertz CT molecular complexity index is 263. The highest BCUT2D eigenvalue weighted by Crippen LogP contribution is 2.40. The van der Waals surface area contributed by atoms with Crippen LogP contribution in [0.1, 0.15) is 30.0 Å². The topological polar surface area (TPSA) is 38.0 Å². The molecular formula is C8H12N2O. The van der Waals surface area contributed by atoms with Gasteiger partial charge < -0.3 is 5.11 Å². The summed E-state index contributed by atoms with van der Waals surface area (Å²) < 4.78 is 1.78. The maximum atomic E-state index is 8.96. The number of rotatable bonds is 2. The quantitative estimate of drug-likeness (QED) is 0.680. The number of hydrogen-bond donors (Lipinski definition) is 1. The van der Waals surface area contributed by atoms with Gasteiger partial charge in [-0.2, -0.15) is 5.10 Å². The fourth-order valence-electron chi connectivity index (χ4n) is 1.38. The van der Waals surface area contributed by atoms with E-state index >= 15 is 0 Å². The molecule has 0 saturated heterocycles. The summed E-state index contributed by atoms with van der Waals surface area (Å²) in [6, 6.07) is 0. The molecule has 11 heavy (non-hydrogen) atoms. The van der Waals surface area contributed by atoms with Crippen molar-refractivity contribution < 1.29 is 5.11 Å². The number of aromatic nitrogens is 2. The summed E-state index contributed by atoms with van der Waals surface area (Å²) in [6.07, 6.45) is 4.38. The molecule has 1 heterocycles. The van der Waals surface area contributed by atoms with Gasteiger partial charge in [0.05, 0.1) is 12.3 Å². The Morgan fingerprint density at radius 2 is 2.45 bits per heavy atom. The molecule has 0 amide bonds. The first-order valence-electron chi connectivity index (χ1n) is 3.94. The Labute approximate surface area is 65.7 Å². The van der Waals surface area contributed by atoms with Gasteiger partial charge in [0.1, 0.15) is 0 Å². The van der Waals surface area contributed by atoms with E-state index in [0.29, 0.717) is 5.92 Å². The van der Waals surface area contributed by atoms with Gasteiger partial charge in [-0.1, -0.05) is 0 Å². The molecule has 2 rings (SSSR count). The van der Waals surface area contributed by atoms with E-state index in [0.717, 1.165) is 11.3 Å². The lowest BCUT2D eigenvalue weighted by Gasteiger charge is -1.92. The zero-order valence-electron chi connectivity index (χ0n) is 6.62. The third-order valence-electron chi connectivity index (χ3n) is 2.07. The molecule has 0 atom stereocenters. The molecule has 1 aliphatic carbocycles. The molecule has 3 nitrogen and oxygen atoms in total. The molecule has 0 spiro atoms. The highest BCUT2D eigenvalue weighted by atomic mass is 16.3. The first kappa shape index (κ1) is 6.85. The Kier molecular flexibility index (Phi) is 1.46. The van der Waals surface area contributed by atoms with Gasteiger partial charge in [-0.25, -0.2) is 0 Å². The normalized spacial score (nSPS) is 17.3. The predicted molar refractivity (Wildman–Crippen MR) is 41.1 cm³/mol. The molecule has 1 aliphatic rings. The summed E-state index contributed by atoms with van der Waals surface area (Å²) in [7, 11) is 1.89. The lowest BCUT2D eigenvalue weighted by Crippen LogP contribution is -1.89. The Balaban J connectivity index is 2.34. The molecule has 0 aromatic carbocycles. The Morgan fingerprint density at radius 3 is 3.00 bits per heavy atom. The van der Waals surface area contributed by atoms with Crippen molar-refractivity contribution in [1.82, 2.24) is 9.78 Å². The van der Waals surface area contributed by atoms with Crippen LogP contribution in [0, 0.1) is 0 Å². The van der Waals surface area contributed by atoms with Crippen LogP contribution in [-0.2, 0) is 13.7 Å². The van der Waals surface area contributed by atoms with Crippen LogP contribution >= 0.6 is 0 Å². The molecule has 0 bridgehead atoms. The van der Waals surface area contributed by atoms with Crippen LogP contribution in [0.5, 0.6) is 0 Å². The second kappa shape index (κ2) is 2.34. The SMILES string of the molecule is Cn1cc(CO)c(C2CC2)n1. The largest absolute Gasteiger partial charge is 0.392 e. The molecule has 60 valence electrons. The molecule has 1 aromatic heterocycles. The molecule has 0 unspecified atom stereocenters. The van der Waals surface area contributed by atoms with Gasteiger partial charge in [0, 0.05) is 24.7 Å². The van der Waals surface area contributed by atoms with Gasteiger partial charge >= 0.3 is 0 Å². The highest BCUT2D eigenvalue weighted by Gasteiger charge is 2.28. The fourth-order valence-corrected chi connectivity index (χ4v) is 1.38. The van der Waals surface area contributed by atoms with Crippen LogP contribution in [0.4, 0.5) is 0 Å². The maximum absolute atomic E-state index is 8.96. The molecule has 3 heteroatoms. The number of aliphatic hydroxyl groups is 1. The number of aliphatic hydroxyl groups excluding tert-OH is 1. The Hall–Kier alpha value is -0.830. The number of aryl methyl sites for hydroxylation is 1. The monoisotopic (exact) mass is 152 g/mol. The smallest absolute Gasteiger partial charge is 0.0715 e. The summed E-state index contributed by atoms with van der Waals surface area (Å²) in [4.78, 5) is 0. The van der Waals surface area contributed by atoms with Crippen molar-refractivity contribution in [3.8, 4) is 0 Å². The fraction of sp³-hybridized carbons (Fsp3) is 0.625. The van der Waals surface area contributed by atoms with Crippen LogP contribution in [0.25, 0.3) is 0 Å². The molecule has 1 saturated carbocycles. The van der Waals surface area contributed by atoms with Crippen molar-refractivity contribution in [3.63, 3.8) is 0 Å². The van der Waals surface area contributed by atoms with E-state index in [4.69, 9.17) is 5.11 Å².